The lowest BCUT2D eigenvalue weighted by Crippen LogP contribution is -2.12. The van der Waals surface area contributed by atoms with E-state index < -0.39 is 5.91 Å². The Bertz CT molecular complexity index is 1170. The quantitative estimate of drug-likeness (QED) is 0.603. The van der Waals surface area contributed by atoms with Crippen molar-refractivity contribution in [2.75, 3.05) is 0 Å². The molecule has 0 unspecified atom stereocenters. The molecule has 1 amide bonds. The first kappa shape index (κ1) is 16.7. The Hall–Kier alpha value is -3.74. The second-order valence-corrected chi connectivity index (χ2v) is 6.22. The molecule has 0 fully saturated rings. The number of hydrogen-bond acceptors (Lipinski definition) is 5. The lowest BCUT2D eigenvalue weighted by atomic mass is 10.0. The summed E-state index contributed by atoms with van der Waals surface area (Å²) in [5.74, 6) is 0.811. The smallest absolute Gasteiger partial charge is 0.248 e. The van der Waals surface area contributed by atoms with Crippen LogP contribution in [-0.4, -0.2) is 25.7 Å². The number of ether oxygens (including phenoxy) is 1. The van der Waals surface area contributed by atoms with Crippen molar-refractivity contribution in [2.45, 2.75) is 6.92 Å². The number of hydrogen-bond donors (Lipinski definition) is 1. The van der Waals surface area contributed by atoms with Crippen LogP contribution in [0.25, 0.3) is 22.3 Å². The van der Waals surface area contributed by atoms with E-state index in [4.69, 9.17) is 10.5 Å². The average molecular weight is 359 g/mol. The van der Waals surface area contributed by atoms with Crippen LogP contribution in [0, 0.1) is 6.92 Å². The lowest BCUT2D eigenvalue weighted by molar-refractivity contribution is 0.0999. The second-order valence-electron chi connectivity index (χ2n) is 6.22. The summed E-state index contributed by atoms with van der Waals surface area (Å²) in [6.45, 7) is 1.85. The second kappa shape index (κ2) is 6.53. The molecule has 4 aromatic rings. The van der Waals surface area contributed by atoms with Gasteiger partial charge in [-0.3, -0.25) is 14.5 Å². The Morgan fingerprint density at radius 1 is 1.07 bits per heavy atom. The van der Waals surface area contributed by atoms with Crippen LogP contribution < -0.4 is 10.5 Å². The normalized spacial score (nSPS) is 10.9. The molecule has 0 aliphatic heterocycles. The van der Waals surface area contributed by atoms with Gasteiger partial charge in [-0.2, -0.15) is 5.10 Å². The Kier molecular flexibility index (Phi) is 4.04. The Labute approximate surface area is 155 Å². The summed E-state index contributed by atoms with van der Waals surface area (Å²) in [4.78, 5) is 20.1. The zero-order valence-electron chi connectivity index (χ0n) is 14.9. The maximum Gasteiger partial charge on any atom is 0.248 e. The molecule has 0 atom stereocenters. The van der Waals surface area contributed by atoms with Gasteiger partial charge < -0.3 is 10.5 Å². The minimum absolute atomic E-state index is 0.442. The van der Waals surface area contributed by atoms with Crippen molar-refractivity contribution in [2.24, 2.45) is 12.8 Å². The maximum absolute atomic E-state index is 11.4. The van der Waals surface area contributed by atoms with E-state index in [0.717, 1.165) is 27.9 Å². The van der Waals surface area contributed by atoms with Gasteiger partial charge in [-0.15, -0.1) is 0 Å². The molecule has 27 heavy (non-hydrogen) atoms. The molecule has 0 saturated heterocycles. The number of aromatic nitrogens is 4. The molecule has 0 saturated carbocycles. The van der Waals surface area contributed by atoms with Crippen molar-refractivity contribution >= 4 is 16.9 Å². The number of benzene rings is 1. The summed E-state index contributed by atoms with van der Waals surface area (Å²) in [7, 11) is 1.86. The minimum atomic E-state index is -0.442. The van der Waals surface area contributed by atoms with Crippen LogP contribution >= 0.6 is 0 Å². The number of nitrogens with two attached hydrogens (primary N) is 1. The van der Waals surface area contributed by atoms with Gasteiger partial charge in [0.1, 0.15) is 17.0 Å². The Balaban J connectivity index is 1.64. The minimum Gasteiger partial charge on any atom is -0.456 e. The molecule has 134 valence electrons. The molecule has 0 aliphatic carbocycles. The Morgan fingerprint density at radius 2 is 1.93 bits per heavy atom. The molecule has 0 aliphatic rings. The first-order valence-electron chi connectivity index (χ1n) is 8.34. The van der Waals surface area contributed by atoms with Crippen LogP contribution in [0.3, 0.4) is 0 Å². The zero-order valence-corrected chi connectivity index (χ0v) is 14.9. The number of rotatable bonds is 4. The molecule has 3 heterocycles. The summed E-state index contributed by atoms with van der Waals surface area (Å²) in [6.07, 6.45) is 5.05. The highest BCUT2D eigenvalue weighted by Gasteiger charge is 2.09. The van der Waals surface area contributed by atoms with E-state index in [9.17, 15) is 4.79 Å². The number of carbonyl (C=O) groups excluding carboxylic acids is 1. The summed E-state index contributed by atoms with van der Waals surface area (Å²) in [5.41, 5.74) is 9.99. The highest BCUT2D eigenvalue weighted by molar-refractivity contribution is 5.94. The molecule has 0 radical (unpaired) electrons. The predicted octanol–water partition coefficient (Wildman–Crippen LogP) is 3.23. The van der Waals surface area contributed by atoms with Crippen LogP contribution in [0.15, 0.2) is 55.0 Å². The van der Waals surface area contributed by atoms with E-state index in [1.165, 1.54) is 0 Å². The molecule has 7 nitrogen and oxygen atoms in total. The zero-order chi connectivity index (χ0) is 19.0. The third kappa shape index (κ3) is 3.22. The van der Waals surface area contributed by atoms with Crippen molar-refractivity contribution < 1.29 is 9.53 Å². The summed E-state index contributed by atoms with van der Waals surface area (Å²) >= 11 is 0. The summed E-state index contributed by atoms with van der Waals surface area (Å²) < 4.78 is 7.69. The van der Waals surface area contributed by atoms with Gasteiger partial charge in [0.05, 0.1) is 23.6 Å². The van der Waals surface area contributed by atoms with Crippen LogP contribution in [0.5, 0.6) is 11.5 Å². The number of pyridine rings is 2. The number of fused-ring (bicyclic) bond motifs is 1. The van der Waals surface area contributed by atoms with E-state index in [1.807, 2.05) is 38.2 Å². The molecule has 1 aromatic carbocycles. The lowest BCUT2D eigenvalue weighted by Gasteiger charge is -2.09. The van der Waals surface area contributed by atoms with Crippen molar-refractivity contribution in [1.29, 1.82) is 0 Å². The summed E-state index contributed by atoms with van der Waals surface area (Å²) in [5, 5.41) is 4.18. The first-order chi connectivity index (χ1) is 13.0. The molecule has 3 aromatic heterocycles. The largest absolute Gasteiger partial charge is 0.456 e. The SMILES string of the molecule is Cc1cc(-c2cc(Oc3cnc4cnn(C)c4c3)ccn2)ccc1C(N)=O. The summed E-state index contributed by atoms with van der Waals surface area (Å²) in [6, 6.07) is 10.9. The van der Waals surface area contributed by atoms with Gasteiger partial charge in [-0.25, -0.2) is 4.98 Å². The van der Waals surface area contributed by atoms with E-state index >= 15 is 0 Å². The molecule has 4 rings (SSSR count). The number of primary amides is 1. The van der Waals surface area contributed by atoms with Gasteiger partial charge >= 0.3 is 0 Å². The molecule has 0 spiro atoms. The standard InChI is InChI=1S/C20H17N5O2/c1-12-7-13(3-4-16(12)20(21)26)17-8-14(5-6-22-17)27-15-9-19-18(23-10-15)11-24-25(19)2/h3-11H,1-2H3,(H2,21,26). The van der Waals surface area contributed by atoms with Gasteiger partial charge in [-0.1, -0.05) is 6.07 Å². The molecule has 7 heteroatoms. The van der Waals surface area contributed by atoms with Gasteiger partial charge in [0.15, 0.2) is 0 Å². The van der Waals surface area contributed by atoms with Crippen molar-refractivity contribution in [3.63, 3.8) is 0 Å². The van der Waals surface area contributed by atoms with Gasteiger partial charge in [0, 0.05) is 36.5 Å². The number of nitrogens with zero attached hydrogens (tertiary/aromatic N) is 4. The fraction of sp³-hybridized carbons (Fsp3) is 0.100. The fourth-order valence-electron chi connectivity index (χ4n) is 2.93. The third-order valence-electron chi connectivity index (χ3n) is 4.33. The monoisotopic (exact) mass is 359 g/mol. The van der Waals surface area contributed by atoms with E-state index in [1.54, 1.807) is 35.4 Å². The Morgan fingerprint density at radius 3 is 2.70 bits per heavy atom. The molecular weight excluding hydrogens is 342 g/mol. The number of aryl methyl sites for hydroxylation is 2. The topological polar surface area (TPSA) is 95.9 Å². The third-order valence-corrected chi connectivity index (χ3v) is 4.33. The van der Waals surface area contributed by atoms with Gasteiger partial charge in [0.25, 0.3) is 0 Å². The van der Waals surface area contributed by atoms with E-state index in [2.05, 4.69) is 15.1 Å². The maximum atomic E-state index is 11.4. The fourth-order valence-corrected chi connectivity index (χ4v) is 2.93. The number of carbonyl (C=O) groups is 1. The van der Waals surface area contributed by atoms with E-state index in [0.29, 0.717) is 17.1 Å². The van der Waals surface area contributed by atoms with Crippen molar-refractivity contribution in [1.82, 2.24) is 19.7 Å². The highest BCUT2D eigenvalue weighted by atomic mass is 16.5. The van der Waals surface area contributed by atoms with Crippen LogP contribution in [0.2, 0.25) is 0 Å². The van der Waals surface area contributed by atoms with Crippen molar-refractivity contribution in [3.8, 4) is 22.8 Å². The molecule has 2 N–H and O–H groups in total. The van der Waals surface area contributed by atoms with Gasteiger partial charge in [0.2, 0.25) is 5.91 Å². The molecular formula is C20H17N5O2. The number of amides is 1. The van der Waals surface area contributed by atoms with Crippen LogP contribution in [-0.2, 0) is 7.05 Å². The highest BCUT2D eigenvalue weighted by Crippen LogP contribution is 2.28. The van der Waals surface area contributed by atoms with Crippen LogP contribution in [0.4, 0.5) is 0 Å². The predicted molar refractivity (Wildman–Crippen MR) is 102 cm³/mol. The first-order valence-corrected chi connectivity index (χ1v) is 8.34. The molecule has 0 bridgehead atoms. The van der Waals surface area contributed by atoms with Gasteiger partial charge in [-0.05, 0) is 30.7 Å². The van der Waals surface area contributed by atoms with Crippen LogP contribution in [0.1, 0.15) is 15.9 Å². The average Bonchev–Trinajstić information content (AvgIpc) is 3.02. The van der Waals surface area contributed by atoms with Crippen molar-refractivity contribution in [3.05, 3.63) is 66.1 Å². The van der Waals surface area contributed by atoms with E-state index in [-0.39, 0.29) is 0 Å².